The zero-order valence-corrected chi connectivity index (χ0v) is 11.3. The van der Waals surface area contributed by atoms with Crippen LogP contribution in [0.25, 0.3) is 0 Å². The Morgan fingerprint density at radius 3 is 2.29 bits per heavy atom. The first kappa shape index (κ1) is 12.2. The Kier molecular flexibility index (Phi) is 2.57. The van der Waals surface area contributed by atoms with Crippen molar-refractivity contribution in [1.29, 1.82) is 0 Å². The molecule has 0 saturated carbocycles. The Hall–Kier alpha value is -1.31. The van der Waals surface area contributed by atoms with Crippen LogP contribution in [0.1, 0.15) is 43.9 Å². The van der Waals surface area contributed by atoms with Gasteiger partial charge in [0.1, 0.15) is 0 Å². The third-order valence-corrected chi connectivity index (χ3v) is 4.32. The van der Waals surface area contributed by atoms with Gasteiger partial charge in [-0.05, 0) is 38.8 Å². The van der Waals surface area contributed by atoms with Gasteiger partial charge in [-0.15, -0.1) is 0 Å². The van der Waals surface area contributed by atoms with Gasteiger partial charge in [-0.3, -0.25) is 4.79 Å². The van der Waals surface area contributed by atoms with Crippen molar-refractivity contribution in [2.75, 3.05) is 0 Å². The smallest absolute Gasteiger partial charge is 0.221 e. The van der Waals surface area contributed by atoms with Crippen LogP contribution >= 0.6 is 0 Å². The summed E-state index contributed by atoms with van der Waals surface area (Å²) < 4.78 is 0. The molecule has 2 rings (SSSR count). The molecule has 1 unspecified atom stereocenters. The molecular weight excluding hydrogens is 210 g/mol. The molecule has 17 heavy (non-hydrogen) atoms. The van der Waals surface area contributed by atoms with Gasteiger partial charge in [-0.1, -0.05) is 30.7 Å². The van der Waals surface area contributed by atoms with Crippen LogP contribution in [0.2, 0.25) is 0 Å². The van der Waals surface area contributed by atoms with Gasteiger partial charge in [0.2, 0.25) is 5.91 Å². The van der Waals surface area contributed by atoms with Crippen molar-refractivity contribution in [3.8, 4) is 0 Å². The van der Waals surface area contributed by atoms with Crippen LogP contribution in [0.4, 0.5) is 0 Å². The van der Waals surface area contributed by atoms with Crippen molar-refractivity contribution in [2.45, 2.75) is 52.0 Å². The summed E-state index contributed by atoms with van der Waals surface area (Å²) in [6, 6.07) is 6.50. The van der Waals surface area contributed by atoms with E-state index in [2.05, 4.69) is 58.1 Å². The monoisotopic (exact) mass is 231 g/mol. The number of amides is 1. The minimum Gasteiger partial charge on any atom is -0.350 e. The lowest BCUT2D eigenvalue weighted by Gasteiger charge is -2.38. The number of carbonyl (C=O) groups is 1. The van der Waals surface area contributed by atoms with Crippen LogP contribution in [-0.4, -0.2) is 11.4 Å². The van der Waals surface area contributed by atoms with E-state index in [0.717, 1.165) is 0 Å². The van der Waals surface area contributed by atoms with Gasteiger partial charge >= 0.3 is 0 Å². The minimum atomic E-state index is -0.190. The summed E-state index contributed by atoms with van der Waals surface area (Å²) in [6.07, 6.45) is 0.573. The maximum Gasteiger partial charge on any atom is 0.221 e. The van der Waals surface area contributed by atoms with Crippen LogP contribution < -0.4 is 5.32 Å². The Labute approximate surface area is 103 Å². The maximum absolute atomic E-state index is 11.7. The number of hydrogen-bond acceptors (Lipinski definition) is 1. The highest BCUT2D eigenvalue weighted by atomic mass is 16.2. The molecule has 0 spiro atoms. The Morgan fingerprint density at radius 2 is 1.82 bits per heavy atom. The molecule has 1 atom stereocenters. The molecule has 1 amide bonds. The number of aryl methyl sites for hydroxylation is 2. The van der Waals surface area contributed by atoms with E-state index >= 15 is 0 Å². The lowest BCUT2D eigenvalue weighted by Crippen LogP contribution is -2.48. The van der Waals surface area contributed by atoms with E-state index in [0.29, 0.717) is 6.42 Å². The summed E-state index contributed by atoms with van der Waals surface area (Å²) in [7, 11) is 0. The highest BCUT2D eigenvalue weighted by molar-refractivity contribution is 5.82. The molecule has 0 bridgehead atoms. The molecule has 1 saturated heterocycles. The van der Waals surface area contributed by atoms with Gasteiger partial charge in [0.15, 0.2) is 0 Å². The lowest BCUT2D eigenvalue weighted by molar-refractivity contribution is -0.119. The molecule has 2 nitrogen and oxygen atoms in total. The van der Waals surface area contributed by atoms with Crippen molar-refractivity contribution in [3.05, 3.63) is 34.9 Å². The van der Waals surface area contributed by atoms with E-state index in [1.807, 2.05) is 0 Å². The molecule has 1 heterocycles. The van der Waals surface area contributed by atoms with E-state index in [1.54, 1.807) is 0 Å². The van der Waals surface area contributed by atoms with Gasteiger partial charge in [0, 0.05) is 17.4 Å². The quantitative estimate of drug-likeness (QED) is 0.791. The van der Waals surface area contributed by atoms with E-state index in [9.17, 15) is 4.79 Å². The summed E-state index contributed by atoms with van der Waals surface area (Å²) in [5.41, 5.74) is 3.51. The SMILES string of the molecule is Cc1ccc(C2(C)CC(=O)NC2(C)C)c(C)c1. The predicted molar refractivity (Wildman–Crippen MR) is 70.1 cm³/mol. The van der Waals surface area contributed by atoms with E-state index in [4.69, 9.17) is 0 Å². The molecule has 1 aromatic carbocycles. The first-order chi connectivity index (χ1) is 7.76. The van der Waals surface area contributed by atoms with Crippen LogP contribution in [-0.2, 0) is 10.2 Å². The average Bonchev–Trinajstić information content (AvgIpc) is 2.34. The number of rotatable bonds is 1. The van der Waals surface area contributed by atoms with Gasteiger partial charge in [-0.25, -0.2) is 0 Å². The molecule has 92 valence electrons. The molecule has 0 radical (unpaired) electrons. The second kappa shape index (κ2) is 3.59. The summed E-state index contributed by atoms with van der Waals surface area (Å²) >= 11 is 0. The minimum absolute atomic E-state index is 0.123. The van der Waals surface area contributed by atoms with Crippen LogP contribution in [0, 0.1) is 13.8 Å². The van der Waals surface area contributed by atoms with Crippen LogP contribution in [0.15, 0.2) is 18.2 Å². The largest absolute Gasteiger partial charge is 0.350 e. The van der Waals surface area contributed by atoms with Crippen molar-refractivity contribution < 1.29 is 4.79 Å². The zero-order chi connectivity index (χ0) is 12.8. The molecule has 0 aliphatic carbocycles. The molecule has 1 aliphatic heterocycles. The molecular formula is C15H21NO. The molecule has 1 fully saturated rings. The van der Waals surface area contributed by atoms with Crippen molar-refractivity contribution in [2.24, 2.45) is 0 Å². The van der Waals surface area contributed by atoms with Crippen molar-refractivity contribution in [3.63, 3.8) is 0 Å². The Morgan fingerprint density at radius 1 is 1.18 bits per heavy atom. The fourth-order valence-electron chi connectivity index (χ4n) is 2.94. The first-order valence-corrected chi connectivity index (χ1v) is 6.15. The molecule has 1 N–H and O–H groups in total. The summed E-state index contributed by atoms with van der Waals surface area (Å²) in [4.78, 5) is 11.7. The van der Waals surface area contributed by atoms with Gasteiger partial charge in [0.25, 0.3) is 0 Å². The van der Waals surface area contributed by atoms with E-state index in [1.165, 1.54) is 16.7 Å². The standard InChI is InChI=1S/C15H21NO/c1-10-6-7-12(11(2)8-10)15(5)9-13(17)16-14(15,3)4/h6-8H,9H2,1-5H3,(H,16,17). The molecule has 1 aliphatic rings. The lowest BCUT2D eigenvalue weighted by atomic mass is 9.67. The number of nitrogens with one attached hydrogen (secondary N) is 1. The normalized spacial score (nSPS) is 27.0. The molecule has 1 aromatic rings. The van der Waals surface area contributed by atoms with Gasteiger partial charge in [-0.2, -0.15) is 0 Å². The Balaban J connectivity index is 2.55. The average molecular weight is 231 g/mol. The second-order valence-electron chi connectivity index (χ2n) is 6.00. The summed E-state index contributed by atoms with van der Waals surface area (Å²) in [5.74, 6) is 0.150. The first-order valence-electron chi connectivity index (χ1n) is 6.15. The van der Waals surface area contributed by atoms with Gasteiger partial charge in [0.05, 0.1) is 0 Å². The number of hydrogen-bond donors (Lipinski definition) is 1. The number of carbonyl (C=O) groups excluding carboxylic acids is 1. The fraction of sp³-hybridized carbons (Fsp3) is 0.533. The highest BCUT2D eigenvalue weighted by Gasteiger charge is 2.50. The van der Waals surface area contributed by atoms with E-state index < -0.39 is 0 Å². The Bertz CT molecular complexity index is 476. The third kappa shape index (κ3) is 1.76. The zero-order valence-electron chi connectivity index (χ0n) is 11.3. The predicted octanol–water partition coefficient (Wildman–Crippen LogP) is 2.86. The summed E-state index contributed by atoms with van der Waals surface area (Å²) in [5, 5.41) is 3.09. The topological polar surface area (TPSA) is 29.1 Å². The van der Waals surface area contributed by atoms with Crippen molar-refractivity contribution in [1.82, 2.24) is 5.32 Å². The van der Waals surface area contributed by atoms with Crippen molar-refractivity contribution >= 4 is 5.91 Å². The van der Waals surface area contributed by atoms with Gasteiger partial charge < -0.3 is 5.32 Å². The molecule has 0 aromatic heterocycles. The summed E-state index contributed by atoms with van der Waals surface area (Å²) in [6.45, 7) is 10.6. The highest BCUT2D eigenvalue weighted by Crippen LogP contribution is 2.43. The maximum atomic E-state index is 11.7. The molecule has 2 heteroatoms. The second-order valence-corrected chi connectivity index (χ2v) is 6.00. The van der Waals surface area contributed by atoms with Crippen LogP contribution in [0.3, 0.4) is 0 Å². The third-order valence-electron chi connectivity index (χ3n) is 4.32. The van der Waals surface area contributed by atoms with Crippen LogP contribution in [0.5, 0.6) is 0 Å². The van der Waals surface area contributed by atoms with E-state index in [-0.39, 0.29) is 16.9 Å². The number of benzene rings is 1. The fourth-order valence-corrected chi connectivity index (χ4v) is 2.94.